The molecule has 6 heteroatoms. The second-order valence-corrected chi connectivity index (χ2v) is 5.32. The van der Waals surface area contributed by atoms with Crippen molar-refractivity contribution >= 4 is 11.8 Å². The number of hydrogen-bond donors (Lipinski definition) is 1. The van der Waals surface area contributed by atoms with E-state index < -0.39 is 0 Å². The van der Waals surface area contributed by atoms with E-state index in [1.54, 1.807) is 17.0 Å². The Hall–Kier alpha value is -1.95. The second kappa shape index (κ2) is 9.15. The van der Waals surface area contributed by atoms with Crippen LogP contribution < -0.4 is 5.32 Å². The number of carbonyl (C=O) groups excluding carboxylic acids is 2. The van der Waals surface area contributed by atoms with Crippen LogP contribution in [0.3, 0.4) is 0 Å². The Morgan fingerprint density at radius 2 is 1.91 bits per heavy atom. The van der Waals surface area contributed by atoms with E-state index >= 15 is 0 Å². The number of rotatable bonds is 8. The molecule has 1 N–H and O–H groups in total. The summed E-state index contributed by atoms with van der Waals surface area (Å²) in [6, 6.07) is 3.20. The first-order chi connectivity index (χ1) is 10.5. The van der Waals surface area contributed by atoms with Crippen LogP contribution in [-0.4, -0.2) is 66.9 Å². The van der Waals surface area contributed by atoms with Gasteiger partial charge in [-0.1, -0.05) is 0 Å². The molecule has 1 aromatic heterocycles. The highest BCUT2D eigenvalue weighted by Crippen LogP contribution is 2.06. The van der Waals surface area contributed by atoms with E-state index in [0.29, 0.717) is 25.2 Å². The van der Waals surface area contributed by atoms with E-state index in [9.17, 15) is 9.59 Å². The fourth-order valence-corrected chi connectivity index (χ4v) is 2.07. The molecule has 0 atom stereocenters. The van der Waals surface area contributed by atoms with E-state index in [0.717, 1.165) is 13.0 Å². The lowest BCUT2D eigenvalue weighted by Gasteiger charge is -2.18. The highest BCUT2D eigenvalue weighted by Gasteiger charge is 2.15. The van der Waals surface area contributed by atoms with E-state index in [4.69, 9.17) is 0 Å². The summed E-state index contributed by atoms with van der Waals surface area (Å²) in [7, 11) is 3.98. The summed E-state index contributed by atoms with van der Waals surface area (Å²) in [6.45, 7) is 6.65. The summed E-state index contributed by atoms with van der Waals surface area (Å²) in [6.07, 6.45) is 2.38. The Bertz CT molecular complexity index is 499. The SMILES string of the molecule is CCN(CC)C(=O)c1ccnc(C(=O)NCCCN(C)C)c1. The van der Waals surface area contributed by atoms with Gasteiger partial charge in [0.15, 0.2) is 0 Å². The van der Waals surface area contributed by atoms with Crippen LogP contribution >= 0.6 is 0 Å². The molecule has 1 heterocycles. The van der Waals surface area contributed by atoms with Crippen molar-refractivity contribution < 1.29 is 9.59 Å². The molecule has 6 nitrogen and oxygen atoms in total. The first-order valence-electron chi connectivity index (χ1n) is 7.67. The maximum absolute atomic E-state index is 12.3. The third-order valence-electron chi connectivity index (χ3n) is 3.36. The first kappa shape index (κ1) is 18.1. The molecule has 22 heavy (non-hydrogen) atoms. The minimum absolute atomic E-state index is 0.0749. The summed E-state index contributed by atoms with van der Waals surface area (Å²) in [4.78, 5) is 32.2. The van der Waals surface area contributed by atoms with Crippen molar-refractivity contribution in [3.8, 4) is 0 Å². The summed E-state index contributed by atoms with van der Waals surface area (Å²) in [5.74, 6) is -0.318. The molecule has 2 amide bonds. The van der Waals surface area contributed by atoms with E-state index in [-0.39, 0.29) is 17.5 Å². The fraction of sp³-hybridized carbons (Fsp3) is 0.562. The molecule has 0 aliphatic rings. The van der Waals surface area contributed by atoms with E-state index in [2.05, 4.69) is 15.2 Å². The van der Waals surface area contributed by atoms with Gasteiger partial charge in [0, 0.05) is 31.4 Å². The molecule has 122 valence electrons. The molecule has 0 aliphatic carbocycles. The lowest BCUT2D eigenvalue weighted by atomic mass is 10.2. The summed E-state index contributed by atoms with van der Waals surface area (Å²) < 4.78 is 0. The zero-order valence-electron chi connectivity index (χ0n) is 13.9. The molecule has 0 saturated heterocycles. The summed E-state index contributed by atoms with van der Waals surface area (Å²) in [5.41, 5.74) is 0.778. The van der Waals surface area contributed by atoms with Crippen LogP contribution in [-0.2, 0) is 0 Å². The van der Waals surface area contributed by atoms with E-state index in [1.807, 2.05) is 27.9 Å². The highest BCUT2D eigenvalue weighted by molar-refractivity contribution is 5.98. The molecular weight excluding hydrogens is 280 g/mol. The molecule has 0 bridgehead atoms. The summed E-state index contributed by atoms with van der Waals surface area (Å²) in [5, 5.41) is 2.82. The van der Waals surface area contributed by atoms with Gasteiger partial charge in [-0.2, -0.15) is 0 Å². The van der Waals surface area contributed by atoms with Crippen molar-refractivity contribution in [2.45, 2.75) is 20.3 Å². The van der Waals surface area contributed by atoms with E-state index in [1.165, 1.54) is 6.20 Å². The van der Waals surface area contributed by atoms with Gasteiger partial charge in [0.05, 0.1) is 0 Å². The molecule has 0 fully saturated rings. The van der Waals surface area contributed by atoms with Crippen LogP contribution in [0.25, 0.3) is 0 Å². The molecular formula is C16H26N4O2. The monoisotopic (exact) mass is 306 g/mol. The molecule has 0 spiro atoms. The number of nitrogens with zero attached hydrogens (tertiary/aromatic N) is 3. The fourth-order valence-electron chi connectivity index (χ4n) is 2.07. The number of hydrogen-bond acceptors (Lipinski definition) is 4. The molecule has 0 radical (unpaired) electrons. The van der Waals surface area contributed by atoms with Gasteiger partial charge in [-0.3, -0.25) is 14.6 Å². The highest BCUT2D eigenvalue weighted by atomic mass is 16.2. The average Bonchev–Trinajstić information content (AvgIpc) is 2.52. The van der Waals surface area contributed by atoms with Gasteiger partial charge in [-0.15, -0.1) is 0 Å². The standard InChI is InChI=1S/C16H26N4O2/c1-5-20(6-2)16(22)13-8-10-17-14(12-13)15(21)18-9-7-11-19(3)4/h8,10,12H,5-7,9,11H2,1-4H3,(H,18,21). The molecule has 0 unspecified atom stereocenters. The average molecular weight is 306 g/mol. The largest absolute Gasteiger partial charge is 0.351 e. The second-order valence-electron chi connectivity index (χ2n) is 5.32. The van der Waals surface area contributed by atoms with Crippen LogP contribution in [0.15, 0.2) is 18.3 Å². The molecule has 1 rings (SSSR count). The molecule has 0 aromatic carbocycles. The third kappa shape index (κ3) is 5.44. The van der Waals surface area contributed by atoms with Crippen molar-refractivity contribution in [2.24, 2.45) is 0 Å². The Labute approximate surface area is 132 Å². The molecule has 0 saturated carbocycles. The Morgan fingerprint density at radius 3 is 2.50 bits per heavy atom. The van der Waals surface area contributed by atoms with Crippen molar-refractivity contribution in [2.75, 3.05) is 40.3 Å². The quantitative estimate of drug-likeness (QED) is 0.734. The predicted octanol–water partition coefficient (Wildman–Crippen LogP) is 1.25. The Kier molecular flexibility index (Phi) is 7.52. The van der Waals surface area contributed by atoms with Crippen molar-refractivity contribution in [3.63, 3.8) is 0 Å². The zero-order valence-corrected chi connectivity index (χ0v) is 13.9. The van der Waals surface area contributed by atoms with Gasteiger partial charge in [-0.25, -0.2) is 0 Å². The van der Waals surface area contributed by atoms with Gasteiger partial charge >= 0.3 is 0 Å². The normalized spacial score (nSPS) is 10.6. The lowest BCUT2D eigenvalue weighted by molar-refractivity contribution is 0.0773. The van der Waals surface area contributed by atoms with Crippen LogP contribution in [0.4, 0.5) is 0 Å². The Morgan fingerprint density at radius 1 is 1.23 bits per heavy atom. The Balaban J connectivity index is 2.67. The van der Waals surface area contributed by atoms with Crippen LogP contribution in [0.1, 0.15) is 41.1 Å². The van der Waals surface area contributed by atoms with Gasteiger partial charge in [-0.05, 0) is 53.0 Å². The lowest BCUT2D eigenvalue weighted by Crippen LogP contribution is -2.31. The smallest absolute Gasteiger partial charge is 0.269 e. The van der Waals surface area contributed by atoms with Gasteiger partial charge < -0.3 is 15.1 Å². The van der Waals surface area contributed by atoms with Crippen LogP contribution in [0.2, 0.25) is 0 Å². The van der Waals surface area contributed by atoms with Crippen molar-refractivity contribution in [1.29, 1.82) is 0 Å². The van der Waals surface area contributed by atoms with Gasteiger partial charge in [0.1, 0.15) is 5.69 Å². The van der Waals surface area contributed by atoms with Crippen LogP contribution in [0.5, 0.6) is 0 Å². The van der Waals surface area contributed by atoms with Crippen molar-refractivity contribution in [1.82, 2.24) is 20.1 Å². The minimum Gasteiger partial charge on any atom is -0.351 e. The topological polar surface area (TPSA) is 65.5 Å². The first-order valence-corrected chi connectivity index (χ1v) is 7.67. The number of amides is 2. The number of nitrogens with one attached hydrogen (secondary N) is 1. The number of pyridine rings is 1. The maximum atomic E-state index is 12.3. The summed E-state index contributed by atoms with van der Waals surface area (Å²) >= 11 is 0. The number of carbonyl (C=O) groups is 2. The third-order valence-corrected chi connectivity index (χ3v) is 3.36. The zero-order chi connectivity index (χ0) is 16.5. The molecule has 0 aliphatic heterocycles. The van der Waals surface area contributed by atoms with Crippen molar-refractivity contribution in [3.05, 3.63) is 29.6 Å². The minimum atomic E-state index is -0.243. The molecule has 1 aromatic rings. The van der Waals surface area contributed by atoms with Gasteiger partial charge in [0.2, 0.25) is 0 Å². The number of aromatic nitrogens is 1. The predicted molar refractivity (Wildman–Crippen MR) is 87.0 cm³/mol. The maximum Gasteiger partial charge on any atom is 0.269 e. The van der Waals surface area contributed by atoms with Gasteiger partial charge in [0.25, 0.3) is 11.8 Å². The van der Waals surface area contributed by atoms with Crippen LogP contribution in [0, 0.1) is 0 Å².